The van der Waals surface area contributed by atoms with E-state index in [0.29, 0.717) is 17.0 Å². The smallest absolute Gasteiger partial charge is 0.406 e. The van der Waals surface area contributed by atoms with Crippen molar-refractivity contribution in [2.45, 2.75) is 62.1 Å². The van der Waals surface area contributed by atoms with Crippen LogP contribution in [0.15, 0.2) is 36.9 Å². The van der Waals surface area contributed by atoms with Gasteiger partial charge in [0.1, 0.15) is 12.1 Å². The largest absolute Gasteiger partial charge is 0.573 e. The number of ether oxygens (including phenoxy) is 1. The predicted molar refractivity (Wildman–Crippen MR) is 116 cm³/mol. The zero-order valence-corrected chi connectivity index (χ0v) is 19.8. The fraction of sp³-hybridized carbons (Fsp3) is 0.455. The summed E-state index contributed by atoms with van der Waals surface area (Å²) in [5.41, 5.74) is -6.12. The number of hydrogen-bond acceptors (Lipinski definition) is 5. The molecule has 2 atom stereocenters. The first-order valence-electron chi connectivity index (χ1n) is 10.8. The molecule has 0 saturated heterocycles. The molecule has 0 radical (unpaired) electrons. The van der Waals surface area contributed by atoms with Gasteiger partial charge in [0.2, 0.25) is 5.92 Å². The van der Waals surface area contributed by atoms with E-state index in [4.69, 9.17) is 11.6 Å². The molecule has 1 N–H and O–H groups in total. The quantitative estimate of drug-likeness (QED) is 0.384. The molecular formula is C22H20ClF7N4O3. The molecule has 1 fully saturated rings. The van der Waals surface area contributed by atoms with Crippen LogP contribution in [0.2, 0.25) is 0 Å². The van der Waals surface area contributed by atoms with Gasteiger partial charge in [-0.15, -0.1) is 13.2 Å². The molecule has 15 heteroatoms. The van der Waals surface area contributed by atoms with Crippen molar-refractivity contribution in [3.05, 3.63) is 48.3 Å². The van der Waals surface area contributed by atoms with Crippen molar-refractivity contribution in [1.29, 1.82) is 0 Å². The topological polar surface area (TPSA) is 84.4 Å². The van der Waals surface area contributed by atoms with Gasteiger partial charge in [0, 0.05) is 42.9 Å². The molecule has 2 amide bonds. The van der Waals surface area contributed by atoms with Crippen LogP contribution in [-0.4, -0.2) is 45.7 Å². The van der Waals surface area contributed by atoms with E-state index in [2.05, 4.69) is 20.0 Å². The SMILES string of the molecule is C[C@](C(=O)NC1CCC(F)(F)CC1)(c1cncnc1)N(C(=O)[C@H](F)Cl)c1ccc(OC(F)(F)F)cc1F. The molecule has 7 nitrogen and oxygen atoms in total. The first-order valence-corrected chi connectivity index (χ1v) is 11.2. The standard InChI is InChI=1S/C22H20ClF7N4O3/c1-20(12-9-31-11-32-10-12,19(36)33-13-4-6-21(26,27)7-5-13)34(18(35)17(23)25)16-3-2-14(8-15(16)24)37-22(28,29)30/h2-3,8-11,13,17H,4-7H2,1H3,(H,33,36)/t17-,20+/m0/s1. The van der Waals surface area contributed by atoms with E-state index in [1.54, 1.807) is 0 Å². The minimum atomic E-state index is -5.16. The Hall–Kier alpha value is -3.16. The average Bonchev–Trinajstić information content (AvgIpc) is 2.81. The Morgan fingerprint density at radius 3 is 2.30 bits per heavy atom. The number of nitrogens with zero attached hydrogens (tertiary/aromatic N) is 3. The van der Waals surface area contributed by atoms with Gasteiger partial charge in [-0.2, -0.15) is 0 Å². The number of hydrogen-bond donors (Lipinski definition) is 1. The fourth-order valence-electron chi connectivity index (χ4n) is 3.97. The van der Waals surface area contributed by atoms with Crippen molar-refractivity contribution >= 4 is 29.1 Å². The highest BCUT2D eigenvalue weighted by Gasteiger charge is 2.49. The van der Waals surface area contributed by atoms with Crippen LogP contribution in [0.3, 0.4) is 0 Å². The first kappa shape index (κ1) is 28.4. The third kappa shape index (κ3) is 6.59. The monoisotopic (exact) mass is 556 g/mol. The highest BCUT2D eigenvalue weighted by molar-refractivity contribution is 6.32. The maximum atomic E-state index is 15.1. The molecule has 0 aliphatic heterocycles. The van der Waals surface area contributed by atoms with E-state index in [-0.39, 0.29) is 24.5 Å². The van der Waals surface area contributed by atoms with Crippen molar-refractivity contribution in [2.24, 2.45) is 0 Å². The number of rotatable bonds is 7. The van der Waals surface area contributed by atoms with Crippen LogP contribution in [0.25, 0.3) is 0 Å². The maximum absolute atomic E-state index is 15.1. The minimum Gasteiger partial charge on any atom is -0.406 e. The molecule has 0 spiro atoms. The number of nitrogens with one attached hydrogen (secondary N) is 1. The summed E-state index contributed by atoms with van der Waals surface area (Å²) >= 11 is 5.37. The zero-order valence-electron chi connectivity index (χ0n) is 19.0. The molecule has 0 unspecified atom stereocenters. The minimum absolute atomic E-state index is 0.118. The Balaban J connectivity index is 2.10. The van der Waals surface area contributed by atoms with Crippen LogP contribution in [-0.2, 0) is 15.1 Å². The molecule has 1 heterocycles. The highest BCUT2D eigenvalue weighted by Crippen LogP contribution is 2.39. The Morgan fingerprint density at radius 1 is 1.19 bits per heavy atom. The van der Waals surface area contributed by atoms with Crippen molar-refractivity contribution in [3.8, 4) is 5.75 Å². The lowest BCUT2D eigenvalue weighted by Crippen LogP contribution is -2.60. The molecule has 3 rings (SSSR count). The van der Waals surface area contributed by atoms with Gasteiger partial charge in [-0.25, -0.2) is 27.5 Å². The predicted octanol–water partition coefficient (Wildman–Crippen LogP) is 4.99. The number of anilines is 1. The molecule has 1 aliphatic rings. The van der Waals surface area contributed by atoms with Crippen LogP contribution >= 0.6 is 11.6 Å². The summed E-state index contributed by atoms with van der Waals surface area (Å²) in [5, 5.41) is 2.52. The van der Waals surface area contributed by atoms with Gasteiger partial charge >= 0.3 is 6.36 Å². The molecule has 1 aromatic carbocycles. The fourth-order valence-corrected chi connectivity index (χ4v) is 4.06. The van der Waals surface area contributed by atoms with Crippen LogP contribution in [0, 0.1) is 5.82 Å². The van der Waals surface area contributed by atoms with E-state index >= 15 is 4.39 Å². The van der Waals surface area contributed by atoms with Crippen molar-refractivity contribution < 1.29 is 45.1 Å². The Bertz CT molecular complexity index is 1130. The van der Waals surface area contributed by atoms with Crippen LogP contribution in [0.1, 0.15) is 38.2 Å². The number of amides is 2. The van der Waals surface area contributed by atoms with Crippen molar-refractivity contribution in [3.63, 3.8) is 0 Å². The number of alkyl halides is 7. The average molecular weight is 557 g/mol. The second kappa shape index (κ2) is 10.7. The van der Waals surface area contributed by atoms with E-state index in [0.717, 1.165) is 25.6 Å². The van der Waals surface area contributed by atoms with Gasteiger partial charge in [-0.3, -0.25) is 14.5 Å². The van der Waals surface area contributed by atoms with E-state index in [9.17, 15) is 35.9 Å². The van der Waals surface area contributed by atoms with Crippen molar-refractivity contribution in [1.82, 2.24) is 15.3 Å². The summed E-state index contributed by atoms with van der Waals surface area (Å²) in [5.74, 6) is -8.06. The molecule has 1 saturated carbocycles. The van der Waals surface area contributed by atoms with E-state index in [1.807, 2.05) is 0 Å². The number of aromatic nitrogens is 2. The molecule has 202 valence electrons. The molecule has 1 aromatic heterocycles. The lowest BCUT2D eigenvalue weighted by Gasteiger charge is -2.41. The molecule has 2 aromatic rings. The number of halogens is 8. The van der Waals surface area contributed by atoms with Crippen LogP contribution in [0.5, 0.6) is 5.75 Å². The van der Waals surface area contributed by atoms with Crippen molar-refractivity contribution in [2.75, 3.05) is 4.90 Å². The number of carbonyl (C=O) groups excluding carboxylic acids is 2. The van der Waals surface area contributed by atoms with E-state index < -0.39 is 71.4 Å². The first-order chi connectivity index (χ1) is 17.1. The van der Waals surface area contributed by atoms with Crippen LogP contribution < -0.4 is 15.0 Å². The lowest BCUT2D eigenvalue weighted by molar-refractivity contribution is -0.274. The molecule has 37 heavy (non-hydrogen) atoms. The van der Waals surface area contributed by atoms with Gasteiger partial charge in [0.15, 0.2) is 11.4 Å². The normalized spacial score (nSPS) is 18.4. The van der Waals surface area contributed by atoms with Gasteiger partial charge in [-0.1, -0.05) is 11.6 Å². The number of benzene rings is 1. The summed E-state index contributed by atoms with van der Waals surface area (Å²) < 4.78 is 97.8. The van der Waals surface area contributed by atoms with Gasteiger partial charge in [0.05, 0.1) is 5.69 Å². The maximum Gasteiger partial charge on any atom is 0.573 e. The highest BCUT2D eigenvalue weighted by atomic mass is 35.5. The second-order valence-electron chi connectivity index (χ2n) is 8.44. The summed E-state index contributed by atoms with van der Waals surface area (Å²) in [7, 11) is 0. The zero-order chi connectivity index (χ0) is 27.6. The summed E-state index contributed by atoms with van der Waals surface area (Å²) in [4.78, 5) is 34.4. The molecule has 0 bridgehead atoms. The Labute approximate surface area is 211 Å². The number of carbonyl (C=O) groups is 2. The third-order valence-electron chi connectivity index (χ3n) is 5.87. The second-order valence-corrected chi connectivity index (χ2v) is 8.82. The Kier molecular flexibility index (Phi) is 8.20. The van der Waals surface area contributed by atoms with Crippen LogP contribution in [0.4, 0.5) is 36.4 Å². The third-order valence-corrected chi connectivity index (χ3v) is 6.05. The van der Waals surface area contributed by atoms with Gasteiger partial charge in [-0.05, 0) is 31.9 Å². The molecule has 1 aliphatic carbocycles. The summed E-state index contributed by atoms with van der Waals surface area (Å²) in [6.45, 7) is 1.08. The van der Waals surface area contributed by atoms with E-state index in [1.165, 1.54) is 0 Å². The van der Waals surface area contributed by atoms with Gasteiger partial charge < -0.3 is 10.1 Å². The summed E-state index contributed by atoms with van der Waals surface area (Å²) in [6, 6.07) is 0.839. The summed E-state index contributed by atoms with van der Waals surface area (Å²) in [6.07, 6.45) is -3.22. The lowest BCUT2D eigenvalue weighted by atomic mass is 9.87. The Morgan fingerprint density at radius 2 is 1.78 bits per heavy atom. The van der Waals surface area contributed by atoms with Gasteiger partial charge in [0.25, 0.3) is 17.4 Å². The molecular weight excluding hydrogens is 537 g/mol.